The van der Waals surface area contributed by atoms with E-state index in [-0.39, 0.29) is 35.6 Å². The summed E-state index contributed by atoms with van der Waals surface area (Å²) >= 11 is 1.23. The zero-order valence-electron chi connectivity index (χ0n) is 16.7. The van der Waals surface area contributed by atoms with Gasteiger partial charge in [0.1, 0.15) is 5.82 Å². The van der Waals surface area contributed by atoms with Crippen LogP contribution in [0.4, 0.5) is 4.39 Å². The molecule has 7 heteroatoms. The molecule has 1 heterocycles. The van der Waals surface area contributed by atoms with Gasteiger partial charge in [0.05, 0.1) is 23.2 Å². The Hall–Kier alpha value is -2.67. The SMILES string of the molecule is CC(C)[C@@H](C)NC(=O)CSc1nc2ccccc2c(=O)n1Cc1ccc(F)cc1. The number of para-hydroxylation sites is 1. The monoisotopic (exact) mass is 413 g/mol. The second-order valence-electron chi connectivity index (χ2n) is 7.32. The van der Waals surface area contributed by atoms with Crippen LogP contribution in [-0.4, -0.2) is 27.3 Å². The highest BCUT2D eigenvalue weighted by atomic mass is 32.2. The molecule has 0 radical (unpaired) electrons. The summed E-state index contributed by atoms with van der Waals surface area (Å²) < 4.78 is 14.8. The maximum Gasteiger partial charge on any atom is 0.262 e. The number of amides is 1. The third kappa shape index (κ3) is 5.23. The van der Waals surface area contributed by atoms with E-state index < -0.39 is 0 Å². The first-order valence-electron chi connectivity index (χ1n) is 9.51. The van der Waals surface area contributed by atoms with Gasteiger partial charge in [0.2, 0.25) is 5.91 Å². The zero-order valence-corrected chi connectivity index (χ0v) is 17.5. The molecule has 0 fully saturated rings. The summed E-state index contributed by atoms with van der Waals surface area (Å²) in [6, 6.07) is 13.2. The van der Waals surface area contributed by atoms with Crippen LogP contribution in [0.1, 0.15) is 26.3 Å². The Balaban J connectivity index is 1.90. The van der Waals surface area contributed by atoms with Gasteiger partial charge in [-0.05, 0) is 42.7 Å². The Kier molecular flexibility index (Phi) is 6.69. The lowest BCUT2D eigenvalue weighted by molar-refractivity contribution is -0.119. The fourth-order valence-corrected chi connectivity index (χ4v) is 3.57. The van der Waals surface area contributed by atoms with Crippen LogP contribution in [0.2, 0.25) is 0 Å². The number of aromatic nitrogens is 2. The number of carbonyl (C=O) groups excluding carboxylic acids is 1. The molecule has 1 atom stereocenters. The molecule has 0 bridgehead atoms. The lowest BCUT2D eigenvalue weighted by Crippen LogP contribution is -2.37. The third-order valence-corrected chi connectivity index (χ3v) is 5.78. The number of nitrogens with zero attached hydrogens (tertiary/aromatic N) is 2. The van der Waals surface area contributed by atoms with Crippen molar-refractivity contribution in [3.05, 3.63) is 70.3 Å². The second kappa shape index (κ2) is 9.22. The minimum atomic E-state index is -0.330. The number of hydrogen-bond donors (Lipinski definition) is 1. The summed E-state index contributed by atoms with van der Waals surface area (Å²) in [6.07, 6.45) is 0. The van der Waals surface area contributed by atoms with Crippen molar-refractivity contribution in [3.8, 4) is 0 Å². The van der Waals surface area contributed by atoms with Crippen LogP contribution in [0.3, 0.4) is 0 Å². The minimum Gasteiger partial charge on any atom is -0.353 e. The van der Waals surface area contributed by atoms with E-state index in [0.29, 0.717) is 22.0 Å². The van der Waals surface area contributed by atoms with E-state index in [0.717, 1.165) is 5.56 Å². The summed E-state index contributed by atoms with van der Waals surface area (Å²) in [5, 5.41) is 3.93. The second-order valence-corrected chi connectivity index (χ2v) is 8.26. The molecule has 0 saturated carbocycles. The van der Waals surface area contributed by atoms with Crippen molar-refractivity contribution in [2.24, 2.45) is 5.92 Å². The number of carbonyl (C=O) groups is 1. The van der Waals surface area contributed by atoms with E-state index in [2.05, 4.69) is 10.3 Å². The van der Waals surface area contributed by atoms with Crippen LogP contribution in [0.15, 0.2) is 58.5 Å². The smallest absolute Gasteiger partial charge is 0.262 e. The molecule has 3 rings (SSSR count). The molecule has 29 heavy (non-hydrogen) atoms. The van der Waals surface area contributed by atoms with Crippen molar-refractivity contribution in [2.75, 3.05) is 5.75 Å². The maximum atomic E-state index is 13.2. The number of benzene rings is 2. The Bertz CT molecular complexity index is 1060. The Morgan fingerprint density at radius 3 is 2.52 bits per heavy atom. The van der Waals surface area contributed by atoms with Gasteiger partial charge < -0.3 is 5.32 Å². The van der Waals surface area contributed by atoms with Crippen LogP contribution in [0, 0.1) is 11.7 Å². The number of thioether (sulfide) groups is 1. The molecule has 0 aliphatic heterocycles. The van der Waals surface area contributed by atoms with E-state index >= 15 is 0 Å². The molecule has 2 aromatic carbocycles. The summed E-state index contributed by atoms with van der Waals surface area (Å²) in [4.78, 5) is 30.0. The van der Waals surface area contributed by atoms with Gasteiger partial charge in [0, 0.05) is 6.04 Å². The highest BCUT2D eigenvalue weighted by molar-refractivity contribution is 7.99. The Morgan fingerprint density at radius 2 is 1.83 bits per heavy atom. The van der Waals surface area contributed by atoms with Gasteiger partial charge in [0.15, 0.2) is 5.16 Å². The van der Waals surface area contributed by atoms with E-state index in [9.17, 15) is 14.0 Å². The molecule has 5 nitrogen and oxygen atoms in total. The zero-order chi connectivity index (χ0) is 21.0. The van der Waals surface area contributed by atoms with E-state index in [4.69, 9.17) is 0 Å². The van der Waals surface area contributed by atoms with E-state index in [1.54, 1.807) is 34.9 Å². The third-order valence-electron chi connectivity index (χ3n) is 4.80. The van der Waals surface area contributed by atoms with Crippen molar-refractivity contribution < 1.29 is 9.18 Å². The first-order chi connectivity index (χ1) is 13.8. The number of fused-ring (bicyclic) bond motifs is 1. The average Bonchev–Trinajstić information content (AvgIpc) is 2.70. The molecule has 0 unspecified atom stereocenters. The van der Waals surface area contributed by atoms with Crippen LogP contribution in [0.5, 0.6) is 0 Å². The largest absolute Gasteiger partial charge is 0.353 e. The highest BCUT2D eigenvalue weighted by Gasteiger charge is 2.15. The molecule has 0 aliphatic rings. The quantitative estimate of drug-likeness (QED) is 0.472. The maximum absolute atomic E-state index is 13.2. The predicted octanol–water partition coefficient (Wildman–Crippen LogP) is 3.84. The summed E-state index contributed by atoms with van der Waals surface area (Å²) in [6.45, 7) is 6.31. The Morgan fingerprint density at radius 1 is 1.14 bits per heavy atom. The average molecular weight is 414 g/mol. The lowest BCUT2D eigenvalue weighted by atomic mass is 10.1. The molecule has 0 saturated heterocycles. The van der Waals surface area contributed by atoms with Crippen LogP contribution in [0.25, 0.3) is 10.9 Å². The molecular formula is C22H24FN3O2S. The van der Waals surface area contributed by atoms with Gasteiger partial charge in [-0.25, -0.2) is 9.37 Å². The first kappa shape index (κ1) is 21.0. The van der Waals surface area contributed by atoms with Crippen molar-refractivity contribution in [2.45, 2.75) is 38.5 Å². The first-order valence-corrected chi connectivity index (χ1v) is 10.5. The topological polar surface area (TPSA) is 64.0 Å². The molecule has 1 aromatic heterocycles. The lowest BCUT2D eigenvalue weighted by Gasteiger charge is -2.18. The summed E-state index contributed by atoms with van der Waals surface area (Å²) in [5.74, 6) is 0.0558. The molecule has 1 N–H and O–H groups in total. The molecule has 3 aromatic rings. The molecule has 0 spiro atoms. The fraction of sp³-hybridized carbons (Fsp3) is 0.318. The van der Waals surface area contributed by atoms with Crippen LogP contribution in [-0.2, 0) is 11.3 Å². The normalized spacial score (nSPS) is 12.3. The fourth-order valence-electron chi connectivity index (χ4n) is 2.76. The number of hydrogen-bond acceptors (Lipinski definition) is 4. The Labute approximate surface area is 173 Å². The molecular weight excluding hydrogens is 389 g/mol. The van der Waals surface area contributed by atoms with E-state index in [1.807, 2.05) is 26.8 Å². The minimum absolute atomic E-state index is 0.0640. The van der Waals surface area contributed by atoms with Gasteiger partial charge in [0.25, 0.3) is 5.56 Å². The predicted molar refractivity (Wildman–Crippen MR) is 115 cm³/mol. The van der Waals surface area contributed by atoms with Gasteiger partial charge in [-0.2, -0.15) is 0 Å². The van der Waals surface area contributed by atoms with E-state index in [1.165, 1.54) is 23.9 Å². The number of nitrogens with one attached hydrogen (secondary N) is 1. The van der Waals surface area contributed by atoms with Crippen molar-refractivity contribution >= 4 is 28.6 Å². The molecule has 1 amide bonds. The van der Waals surface area contributed by atoms with Crippen molar-refractivity contribution in [3.63, 3.8) is 0 Å². The highest BCUT2D eigenvalue weighted by Crippen LogP contribution is 2.19. The van der Waals surface area contributed by atoms with Gasteiger partial charge in [-0.3, -0.25) is 14.2 Å². The van der Waals surface area contributed by atoms with Crippen LogP contribution < -0.4 is 10.9 Å². The van der Waals surface area contributed by atoms with Gasteiger partial charge in [-0.1, -0.05) is 49.9 Å². The summed E-state index contributed by atoms with van der Waals surface area (Å²) in [7, 11) is 0. The standard InChI is InChI=1S/C22H24FN3O2S/c1-14(2)15(3)24-20(27)13-29-22-25-19-7-5-4-6-18(19)21(28)26(22)12-16-8-10-17(23)11-9-16/h4-11,14-15H,12-13H2,1-3H3,(H,24,27)/t15-/m1/s1. The molecule has 0 aliphatic carbocycles. The summed E-state index contributed by atoms with van der Waals surface area (Å²) in [5.41, 5.74) is 1.19. The van der Waals surface area contributed by atoms with Crippen molar-refractivity contribution in [1.29, 1.82) is 0 Å². The van der Waals surface area contributed by atoms with Gasteiger partial charge in [-0.15, -0.1) is 0 Å². The van der Waals surface area contributed by atoms with Gasteiger partial charge >= 0.3 is 0 Å². The number of halogens is 1. The molecule has 152 valence electrons. The van der Waals surface area contributed by atoms with Crippen molar-refractivity contribution in [1.82, 2.24) is 14.9 Å². The van der Waals surface area contributed by atoms with Crippen LogP contribution >= 0.6 is 11.8 Å². The number of rotatable bonds is 7.